The Morgan fingerprint density at radius 1 is 0.667 bits per heavy atom. The topological polar surface area (TPSA) is 0 Å². The number of alkyl halides is 8. The molecule has 0 saturated carbocycles. The molecule has 1 aromatic rings. The quantitative estimate of drug-likeness (QED) is 0.509. The van der Waals surface area contributed by atoms with Gasteiger partial charge in [-0.3, -0.25) is 0 Å². The maximum atomic E-state index is 12.2. The predicted octanol–water partition coefficient (Wildman–Crippen LogP) is 5.37. The van der Waals surface area contributed by atoms with E-state index in [1.54, 1.807) is 0 Å². The van der Waals surface area contributed by atoms with E-state index in [9.17, 15) is 26.3 Å². The predicted molar refractivity (Wildman–Crippen MR) is 55.7 cm³/mol. The SMILES string of the molecule is FC(F)(F)C(Cl)c1ccc(C(Cl)C(F)(F)F)cc1. The zero-order chi connectivity index (χ0) is 14.1. The summed E-state index contributed by atoms with van der Waals surface area (Å²) in [5, 5.41) is -4.52. The van der Waals surface area contributed by atoms with Crippen LogP contribution < -0.4 is 0 Å². The summed E-state index contributed by atoms with van der Waals surface area (Å²) in [6, 6.07) is 3.51. The minimum Gasteiger partial charge on any atom is -0.169 e. The van der Waals surface area contributed by atoms with Crippen LogP contribution >= 0.6 is 23.2 Å². The zero-order valence-electron chi connectivity index (χ0n) is 8.49. The van der Waals surface area contributed by atoms with Crippen molar-refractivity contribution >= 4 is 23.2 Å². The molecule has 0 aromatic heterocycles. The highest BCUT2D eigenvalue weighted by Crippen LogP contribution is 2.41. The van der Waals surface area contributed by atoms with Gasteiger partial charge in [0.1, 0.15) is 0 Å². The van der Waals surface area contributed by atoms with Crippen molar-refractivity contribution in [2.45, 2.75) is 23.1 Å². The average Bonchev–Trinajstić information content (AvgIpc) is 2.25. The Balaban J connectivity index is 2.94. The van der Waals surface area contributed by atoms with Gasteiger partial charge in [0.2, 0.25) is 0 Å². The maximum absolute atomic E-state index is 12.2. The van der Waals surface area contributed by atoms with Crippen LogP contribution in [0, 0.1) is 0 Å². The molecule has 0 saturated heterocycles. The molecular formula is C10H6Cl2F6. The highest BCUT2D eigenvalue weighted by molar-refractivity contribution is 6.21. The lowest BCUT2D eigenvalue weighted by Gasteiger charge is -2.16. The first-order valence-corrected chi connectivity index (χ1v) is 5.42. The van der Waals surface area contributed by atoms with Gasteiger partial charge in [0.05, 0.1) is 0 Å². The summed E-state index contributed by atoms with van der Waals surface area (Å²) in [5.41, 5.74) is -0.669. The van der Waals surface area contributed by atoms with Gasteiger partial charge in [-0.05, 0) is 11.1 Å². The van der Waals surface area contributed by atoms with E-state index in [0.29, 0.717) is 0 Å². The molecule has 8 heteroatoms. The zero-order valence-corrected chi connectivity index (χ0v) is 10.00. The third kappa shape index (κ3) is 3.68. The second-order valence-electron chi connectivity index (χ2n) is 3.48. The first kappa shape index (κ1) is 15.4. The Bertz CT molecular complexity index is 355. The number of rotatable bonds is 2. The molecule has 2 unspecified atom stereocenters. The Hall–Kier alpha value is -0.620. The Labute approximate surface area is 108 Å². The third-order valence-corrected chi connectivity index (χ3v) is 3.10. The molecule has 0 nitrogen and oxygen atoms in total. The van der Waals surface area contributed by atoms with E-state index in [0.717, 1.165) is 24.3 Å². The Morgan fingerprint density at radius 2 is 0.889 bits per heavy atom. The van der Waals surface area contributed by atoms with Gasteiger partial charge in [-0.15, -0.1) is 23.2 Å². The Kier molecular flexibility index (Phi) is 4.43. The summed E-state index contributed by atoms with van der Waals surface area (Å²) in [7, 11) is 0. The van der Waals surface area contributed by atoms with Crippen LogP contribution in [0.3, 0.4) is 0 Å². The van der Waals surface area contributed by atoms with E-state index >= 15 is 0 Å². The largest absolute Gasteiger partial charge is 0.408 e. The second kappa shape index (κ2) is 5.17. The lowest BCUT2D eigenvalue weighted by atomic mass is 10.1. The van der Waals surface area contributed by atoms with Crippen molar-refractivity contribution in [3.8, 4) is 0 Å². The van der Waals surface area contributed by atoms with Gasteiger partial charge in [-0.1, -0.05) is 24.3 Å². The molecule has 102 valence electrons. The van der Waals surface area contributed by atoms with Crippen molar-refractivity contribution in [2.75, 3.05) is 0 Å². The van der Waals surface area contributed by atoms with Crippen molar-refractivity contribution in [1.29, 1.82) is 0 Å². The average molecular weight is 311 g/mol. The monoisotopic (exact) mass is 310 g/mol. The fourth-order valence-corrected chi connectivity index (χ4v) is 1.50. The van der Waals surface area contributed by atoms with Gasteiger partial charge in [-0.25, -0.2) is 0 Å². The van der Waals surface area contributed by atoms with Crippen LogP contribution in [0.2, 0.25) is 0 Å². The molecule has 1 rings (SSSR count). The molecule has 0 aliphatic rings. The lowest BCUT2D eigenvalue weighted by Crippen LogP contribution is -2.17. The van der Waals surface area contributed by atoms with E-state index in [1.165, 1.54) is 0 Å². The summed E-state index contributed by atoms with van der Waals surface area (Å²) in [6.45, 7) is 0. The van der Waals surface area contributed by atoms with E-state index < -0.39 is 23.1 Å². The van der Waals surface area contributed by atoms with Crippen molar-refractivity contribution < 1.29 is 26.3 Å². The lowest BCUT2D eigenvalue weighted by molar-refractivity contribution is -0.133. The van der Waals surface area contributed by atoms with E-state index in [1.807, 2.05) is 0 Å². The normalized spacial score (nSPS) is 16.4. The Morgan fingerprint density at radius 3 is 1.06 bits per heavy atom. The fourth-order valence-electron chi connectivity index (χ4n) is 1.21. The van der Waals surface area contributed by atoms with Crippen molar-refractivity contribution in [3.63, 3.8) is 0 Å². The molecule has 18 heavy (non-hydrogen) atoms. The van der Waals surface area contributed by atoms with Crippen LogP contribution in [0.5, 0.6) is 0 Å². The van der Waals surface area contributed by atoms with E-state index in [4.69, 9.17) is 23.2 Å². The molecule has 0 amide bonds. The number of benzene rings is 1. The molecule has 2 atom stereocenters. The third-order valence-electron chi connectivity index (χ3n) is 2.10. The first-order chi connectivity index (χ1) is 8.03. The summed E-state index contributed by atoms with van der Waals surface area (Å²) < 4.78 is 73.5. The van der Waals surface area contributed by atoms with Crippen LogP contribution in [0.15, 0.2) is 24.3 Å². The molecule has 0 aliphatic carbocycles. The highest BCUT2D eigenvalue weighted by Gasteiger charge is 2.41. The van der Waals surface area contributed by atoms with E-state index in [2.05, 4.69) is 0 Å². The van der Waals surface area contributed by atoms with Crippen molar-refractivity contribution in [1.82, 2.24) is 0 Å². The van der Waals surface area contributed by atoms with Crippen molar-refractivity contribution in [3.05, 3.63) is 35.4 Å². The van der Waals surface area contributed by atoms with Gasteiger partial charge >= 0.3 is 12.4 Å². The van der Waals surface area contributed by atoms with Gasteiger partial charge in [0.25, 0.3) is 0 Å². The molecule has 0 heterocycles. The minimum absolute atomic E-state index is 0.334. The summed E-state index contributed by atoms with van der Waals surface area (Å²) in [5.74, 6) is 0. The molecule has 0 aliphatic heterocycles. The van der Waals surface area contributed by atoms with Crippen LogP contribution in [0.1, 0.15) is 21.9 Å². The van der Waals surface area contributed by atoms with Gasteiger partial charge in [0, 0.05) is 0 Å². The second-order valence-corrected chi connectivity index (χ2v) is 4.35. The minimum atomic E-state index is -4.66. The summed E-state index contributed by atoms with van der Waals surface area (Å²) >= 11 is 10.2. The first-order valence-electron chi connectivity index (χ1n) is 4.55. The number of halogens is 8. The molecule has 0 N–H and O–H groups in total. The van der Waals surface area contributed by atoms with Crippen LogP contribution in [0.4, 0.5) is 26.3 Å². The smallest absolute Gasteiger partial charge is 0.169 e. The molecule has 0 radical (unpaired) electrons. The molecule has 0 fully saturated rings. The van der Waals surface area contributed by atoms with Crippen LogP contribution in [-0.4, -0.2) is 12.4 Å². The number of hydrogen-bond acceptors (Lipinski definition) is 0. The number of hydrogen-bond donors (Lipinski definition) is 0. The van der Waals surface area contributed by atoms with Gasteiger partial charge in [0.15, 0.2) is 10.8 Å². The van der Waals surface area contributed by atoms with Crippen LogP contribution in [-0.2, 0) is 0 Å². The van der Waals surface area contributed by atoms with E-state index in [-0.39, 0.29) is 11.1 Å². The van der Waals surface area contributed by atoms with Crippen molar-refractivity contribution in [2.24, 2.45) is 0 Å². The standard InChI is InChI=1S/C10H6Cl2F6/c11-7(9(13,14)15)5-1-2-6(4-3-5)8(12)10(16,17)18/h1-4,7-8H. The molecule has 0 bridgehead atoms. The van der Waals surface area contributed by atoms with Gasteiger partial charge < -0.3 is 0 Å². The summed E-state index contributed by atoms with van der Waals surface area (Å²) in [6.07, 6.45) is -9.32. The molecule has 1 aromatic carbocycles. The summed E-state index contributed by atoms with van der Waals surface area (Å²) in [4.78, 5) is 0. The fraction of sp³-hybridized carbons (Fsp3) is 0.400. The van der Waals surface area contributed by atoms with Gasteiger partial charge in [-0.2, -0.15) is 26.3 Å². The molecular weight excluding hydrogens is 305 g/mol. The maximum Gasteiger partial charge on any atom is 0.408 e. The van der Waals surface area contributed by atoms with Crippen LogP contribution in [0.25, 0.3) is 0 Å². The molecule has 0 spiro atoms. The highest BCUT2D eigenvalue weighted by atomic mass is 35.5.